The Balaban J connectivity index is 2.11. The van der Waals surface area contributed by atoms with Gasteiger partial charge in [-0.3, -0.25) is 0 Å². The van der Waals surface area contributed by atoms with Gasteiger partial charge in [0.2, 0.25) is 0 Å². The zero-order chi connectivity index (χ0) is 17.8. The Morgan fingerprint density at radius 3 is 2.50 bits per heavy atom. The molecule has 0 radical (unpaired) electrons. The molecule has 1 fully saturated rings. The first kappa shape index (κ1) is 18.5. The van der Waals surface area contributed by atoms with Crippen molar-refractivity contribution in [2.24, 2.45) is 5.41 Å². The predicted molar refractivity (Wildman–Crippen MR) is 91.7 cm³/mol. The van der Waals surface area contributed by atoms with Gasteiger partial charge in [-0.05, 0) is 51.3 Å². The van der Waals surface area contributed by atoms with Crippen molar-refractivity contribution in [2.45, 2.75) is 45.4 Å². The summed E-state index contributed by atoms with van der Waals surface area (Å²) in [5, 5.41) is 1.72. The molecule has 0 aromatic heterocycles. The Labute approximate surface area is 143 Å². The number of hydroxylamine groups is 2. The molecule has 0 amide bonds. The molecule has 0 aliphatic carbocycles. The lowest BCUT2D eigenvalue weighted by Gasteiger charge is -2.41. The molecule has 0 atom stereocenters. The monoisotopic (exact) mass is 333 g/mol. The molecule has 24 heavy (non-hydrogen) atoms. The molecule has 0 unspecified atom stereocenters. The number of rotatable bonds is 5. The van der Waals surface area contributed by atoms with Gasteiger partial charge in [0.25, 0.3) is 0 Å². The second-order valence-electron chi connectivity index (χ2n) is 7.44. The average Bonchev–Trinajstić information content (AvgIpc) is 2.56. The molecule has 1 aromatic carbocycles. The Hall–Kier alpha value is -1.88. The molecule has 1 heterocycles. The highest BCUT2D eigenvalue weighted by Gasteiger charge is 2.38. The van der Waals surface area contributed by atoms with Gasteiger partial charge in [0.05, 0.1) is 12.5 Å². The number of piperidine rings is 1. The van der Waals surface area contributed by atoms with Crippen LogP contribution in [0.1, 0.15) is 45.6 Å². The molecule has 0 spiro atoms. The van der Waals surface area contributed by atoms with Crippen LogP contribution in [0.3, 0.4) is 0 Å². The van der Waals surface area contributed by atoms with Gasteiger partial charge in [0, 0.05) is 24.9 Å². The van der Waals surface area contributed by atoms with Gasteiger partial charge in [-0.1, -0.05) is 12.1 Å². The Bertz CT molecular complexity index is 583. The van der Waals surface area contributed by atoms with Crippen molar-refractivity contribution < 1.29 is 19.2 Å². The SMILES string of the molecule is COc1cccc(C2(CC=O)CCN(OC(=O)C(C)(C)C)CC2)c1. The quantitative estimate of drug-likeness (QED) is 0.775. The van der Waals surface area contributed by atoms with Crippen LogP contribution in [0.4, 0.5) is 0 Å². The molecule has 1 aliphatic rings. The third-order valence-corrected chi connectivity index (χ3v) is 4.66. The fraction of sp³-hybridized carbons (Fsp3) is 0.579. The number of ether oxygens (including phenoxy) is 1. The van der Waals surface area contributed by atoms with Crippen LogP contribution in [0.2, 0.25) is 0 Å². The largest absolute Gasteiger partial charge is 0.497 e. The summed E-state index contributed by atoms with van der Waals surface area (Å²) in [6, 6.07) is 7.90. The molecule has 0 bridgehead atoms. The van der Waals surface area contributed by atoms with Crippen molar-refractivity contribution in [1.29, 1.82) is 0 Å². The van der Waals surface area contributed by atoms with E-state index in [1.807, 2.05) is 45.0 Å². The summed E-state index contributed by atoms with van der Waals surface area (Å²) in [5.41, 5.74) is 0.362. The van der Waals surface area contributed by atoms with Crippen molar-refractivity contribution in [3.05, 3.63) is 29.8 Å². The topological polar surface area (TPSA) is 55.8 Å². The van der Waals surface area contributed by atoms with Gasteiger partial charge in [0.1, 0.15) is 12.0 Å². The fourth-order valence-electron chi connectivity index (χ4n) is 2.98. The highest BCUT2D eigenvalue weighted by Crippen LogP contribution is 2.39. The smallest absolute Gasteiger partial charge is 0.330 e. The summed E-state index contributed by atoms with van der Waals surface area (Å²) >= 11 is 0. The average molecular weight is 333 g/mol. The van der Waals surface area contributed by atoms with Crippen molar-refractivity contribution in [2.75, 3.05) is 20.2 Å². The van der Waals surface area contributed by atoms with Gasteiger partial charge in [-0.25, -0.2) is 4.79 Å². The van der Waals surface area contributed by atoms with E-state index in [-0.39, 0.29) is 11.4 Å². The van der Waals surface area contributed by atoms with Gasteiger partial charge < -0.3 is 14.4 Å². The van der Waals surface area contributed by atoms with Gasteiger partial charge in [0.15, 0.2) is 0 Å². The molecular formula is C19H27NO4. The second-order valence-corrected chi connectivity index (χ2v) is 7.44. The second kappa shape index (κ2) is 7.34. The normalized spacial score (nSPS) is 18.0. The zero-order valence-electron chi connectivity index (χ0n) is 15.0. The van der Waals surface area contributed by atoms with E-state index in [0.29, 0.717) is 19.5 Å². The Morgan fingerprint density at radius 2 is 1.96 bits per heavy atom. The fourth-order valence-corrected chi connectivity index (χ4v) is 2.98. The van der Waals surface area contributed by atoms with Crippen LogP contribution in [-0.2, 0) is 19.8 Å². The molecule has 1 saturated heterocycles. The minimum atomic E-state index is -0.524. The van der Waals surface area contributed by atoms with E-state index < -0.39 is 5.41 Å². The van der Waals surface area contributed by atoms with Gasteiger partial charge >= 0.3 is 5.97 Å². The summed E-state index contributed by atoms with van der Waals surface area (Å²) in [5.74, 6) is 0.561. The van der Waals surface area contributed by atoms with Crippen LogP contribution in [0.15, 0.2) is 24.3 Å². The van der Waals surface area contributed by atoms with Crippen molar-refractivity contribution in [3.8, 4) is 5.75 Å². The maximum absolute atomic E-state index is 12.0. The number of hydrogen-bond acceptors (Lipinski definition) is 5. The van der Waals surface area contributed by atoms with Gasteiger partial charge in [-0.15, -0.1) is 5.06 Å². The molecule has 0 saturated carbocycles. The molecular weight excluding hydrogens is 306 g/mol. The number of hydrogen-bond donors (Lipinski definition) is 0. The first-order valence-corrected chi connectivity index (χ1v) is 8.36. The highest BCUT2D eigenvalue weighted by molar-refractivity contribution is 5.75. The van der Waals surface area contributed by atoms with Crippen LogP contribution in [0.5, 0.6) is 5.75 Å². The van der Waals surface area contributed by atoms with Crippen LogP contribution >= 0.6 is 0 Å². The van der Waals surface area contributed by atoms with Crippen LogP contribution in [0, 0.1) is 5.41 Å². The first-order valence-electron chi connectivity index (χ1n) is 8.36. The summed E-state index contributed by atoms with van der Waals surface area (Å²) in [4.78, 5) is 28.8. The summed E-state index contributed by atoms with van der Waals surface area (Å²) < 4.78 is 5.31. The lowest BCUT2D eigenvalue weighted by atomic mass is 9.71. The van der Waals surface area contributed by atoms with Crippen molar-refractivity contribution in [1.82, 2.24) is 5.06 Å². The van der Waals surface area contributed by atoms with E-state index in [0.717, 1.165) is 30.4 Å². The molecule has 1 aromatic rings. The number of methoxy groups -OCH3 is 1. The van der Waals surface area contributed by atoms with E-state index in [9.17, 15) is 9.59 Å². The Kier molecular flexibility index (Phi) is 5.65. The number of benzene rings is 1. The number of nitrogens with zero attached hydrogens (tertiary/aromatic N) is 1. The minimum Gasteiger partial charge on any atom is -0.497 e. The molecule has 5 heteroatoms. The molecule has 0 N–H and O–H groups in total. The van der Waals surface area contributed by atoms with E-state index in [1.54, 1.807) is 12.2 Å². The van der Waals surface area contributed by atoms with E-state index in [2.05, 4.69) is 0 Å². The summed E-state index contributed by atoms with van der Waals surface area (Å²) in [6.45, 7) is 6.75. The highest BCUT2D eigenvalue weighted by atomic mass is 16.7. The van der Waals surface area contributed by atoms with E-state index >= 15 is 0 Å². The number of aldehydes is 1. The summed E-state index contributed by atoms with van der Waals surface area (Å²) in [7, 11) is 1.64. The van der Waals surface area contributed by atoms with Crippen LogP contribution in [-0.4, -0.2) is 37.5 Å². The summed E-state index contributed by atoms with van der Waals surface area (Å²) in [6.07, 6.45) is 2.96. The third-order valence-electron chi connectivity index (χ3n) is 4.66. The zero-order valence-corrected chi connectivity index (χ0v) is 15.0. The van der Waals surface area contributed by atoms with E-state index in [1.165, 1.54) is 0 Å². The van der Waals surface area contributed by atoms with Gasteiger partial charge in [-0.2, -0.15) is 0 Å². The molecule has 5 nitrogen and oxygen atoms in total. The molecule has 2 rings (SSSR count). The van der Waals surface area contributed by atoms with Crippen molar-refractivity contribution >= 4 is 12.3 Å². The maximum Gasteiger partial charge on any atom is 0.330 e. The number of carbonyl (C=O) groups excluding carboxylic acids is 2. The molecule has 1 aliphatic heterocycles. The third kappa shape index (κ3) is 4.15. The van der Waals surface area contributed by atoms with Crippen molar-refractivity contribution in [3.63, 3.8) is 0 Å². The lowest BCUT2D eigenvalue weighted by molar-refractivity contribution is -0.207. The number of carbonyl (C=O) groups is 2. The molecule has 132 valence electrons. The van der Waals surface area contributed by atoms with Crippen LogP contribution in [0.25, 0.3) is 0 Å². The minimum absolute atomic E-state index is 0.221. The Morgan fingerprint density at radius 1 is 1.29 bits per heavy atom. The standard InChI is InChI=1S/C19H27NO4/c1-18(2,3)17(22)24-20-11-8-19(9-12-20,10-13-21)15-6-5-7-16(14-15)23-4/h5-7,13-14H,8-12H2,1-4H3. The van der Waals surface area contributed by atoms with E-state index in [4.69, 9.17) is 9.57 Å². The first-order chi connectivity index (χ1) is 11.3. The predicted octanol–water partition coefficient (Wildman–Crippen LogP) is 3.12. The van der Waals surface area contributed by atoms with Crippen LogP contribution < -0.4 is 4.74 Å². The lowest BCUT2D eigenvalue weighted by Crippen LogP contribution is -2.45. The maximum atomic E-state index is 12.0.